The van der Waals surface area contributed by atoms with Crippen LogP contribution in [0, 0.1) is 12.8 Å². The fraction of sp³-hybridized carbons (Fsp3) is 0.560. The number of aromatic nitrogens is 4. The van der Waals surface area contributed by atoms with Gasteiger partial charge in [0.15, 0.2) is 0 Å². The molecule has 1 saturated heterocycles. The molecule has 1 saturated carbocycles. The first-order valence-electron chi connectivity index (χ1n) is 11.8. The van der Waals surface area contributed by atoms with Crippen LogP contribution in [0.3, 0.4) is 0 Å². The second-order valence-corrected chi connectivity index (χ2v) is 8.60. The van der Waals surface area contributed by atoms with E-state index in [1.54, 1.807) is 6.07 Å². The van der Waals surface area contributed by atoms with Crippen molar-refractivity contribution in [2.75, 3.05) is 13.1 Å². The lowest BCUT2D eigenvalue weighted by atomic mass is 10.0. The minimum Gasteiger partial charge on any atom is -0.375 e. The van der Waals surface area contributed by atoms with Crippen LogP contribution in [0.5, 0.6) is 0 Å². The van der Waals surface area contributed by atoms with Crippen molar-refractivity contribution < 1.29 is 0 Å². The first-order valence-corrected chi connectivity index (χ1v) is 12.1. The van der Waals surface area contributed by atoms with Crippen molar-refractivity contribution in [1.29, 1.82) is 0 Å². The predicted molar refractivity (Wildman–Crippen MR) is 132 cm³/mol. The standard InChI is InChI=1S/C20H22ClN5.C3H8.C2H6/c1-12(14-3-4-14)25-9-7-15(8-10-25)26-13(2)23-17-11-22-16-5-6-18(21)24-19(16)20(17)26;1-3-2;1-2/h5-6,11,14-15H,1,3-4,7-10H2,2H3;3H2,1-2H3;1-2H3. The maximum absolute atomic E-state index is 6.17. The number of rotatable bonds is 3. The number of piperidine rings is 1. The number of hydrogen-bond acceptors (Lipinski definition) is 4. The number of aryl methyl sites for hydroxylation is 1. The molecule has 3 aromatic heterocycles. The zero-order chi connectivity index (χ0) is 22.5. The Morgan fingerprint density at radius 2 is 1.71 bits per heavy atom. The average molecular weight is 442 g/mol. The molecular weight excluding hydrogens is 406 g/mol. The summed E-state index contributed by atoms with van der Waals surface area (Å²) < 4.78 is 2.36. The smallest absolute Gasteiger partial charge is 0.130 e. The third kappa shape index (κ3) is 5.03. The molecule has 0 spiro atoms. The molecule has 5 nitrogen and oxygen atoms in total. The maximum atomic E-state index is 6.17. The molecule has 4 heterocycles. The summed E-state index contributed by atoms with van der Waals surface area (Å²) in [6, 6.07) is 4.15. The van der Waals surface area contributed by atoms with E-state index in [-0.39, 0.29) is 0 Å². The van der Waals surface area contributed by atoms with Crippen LogP contribution in [0.1, 0.15) is 71.7 Å². The van der Waals surface area contributed by atoms with Crippen LogP contribution in [0.4, 0.5) is 0 Å². The first-order chi connectivity index (χ1) is 15.0. The zero-order valence-electron chi connectivity index (χ0n) is 19.7. The van der Waals surface area contributed by atoms with E-state index < -0.39 is 0 Å². The summed E-state index contributed by atoms with van der Waals surface area (Å²) in [5.74, 6) is 1.76. The van der Waals surface area contributed by atoms with E-state index in [1.807, 2.05) is 26.1 Å². The normalized spacial score (nSPS) is 16.5. The lowest BCUT2D eigenvalue weighted by Crippen LogP contribution is -2.34. The van der Waals surface area contributed by atoms with Crippen LogP contribution in [0.2, 0.25) is 5.15 Å². The molecule has 0 radical (unpaired) electrons. The van der Waals surface area contributed by atoms with Gasteiger partial charge in [0, 0.05) is 24.8 Å². The van der Waals surface area contributed by atoms with E-state index in [1.165, 1.54) is 25.0 Å². The number of fused-ring (bicyclic) bond motifs is 3. The minimum absolute atomic E-state index is 0.426. The Kier molecular flexibility index (Phi) is 7.93. The molecular formula is C25H36ClN5. The number of likely N-dealkylation sites (tertiary alicyclic amines) is 1. The molecule has 0 unspecified atom stereocenters. The molecule has 3 aromatic rings. The topological polar surface area (TPSA) is 46.8 Å². The van der Waals surface area contributed by atoms with Crippen molar-refractivity contribution in [2.24, 2.45) is 5.92 Å². The average Bonchev–Trinajstić information content (AvgIpc) is 3.57. The molecule has 0 amide bonds. The number of hydrogen-bond donors (Lipinski definition) is 0. The van der Waals surface area contributed by atoms with Crippen molar-refractivity contribution >= 4 is 33.7 Å². The van der Waals surface area contributed by atoms with E-state index in [2.05, 4.69) is 46.8 Å². The molecule has 168 valence electrons. The fourth-order valence-electron chi connectivity index (χ4n) is 4.26. The Balaban J connectivity index is 0.000000504. The van der Waals surface area contributed by atoms with Crippen LogP contribution < -0.4 is 0 Å². The second kappa shape index (κ2) is 10.4. The van der Waals surface area contributed by atoms with Crippen molar-refractivity contribution in [3.63, 3.8) is 0 Å². The molecule has 1 aliphatic carbocycles. The molecule has 2 fully saturated rings. The summed E-state index contributed by atoms with van der Waals surface area (Å²) in [6.07, 6.45) is 7.93. The molecule has 0 N–H and O–H groups in total. The lowest BCUT2D eigenvalue weighted by molar-refractivity contribution is 0.221. The SMILES string of the molecule is C=C(C1CC1)N1CCC(n2c(C)nc3cnc4ccc(Cl)nc4c32)CC1.CC.CCC. The van der Waals surface area contributed by atoms with E-state index in [4.69, 9.17) is 16.6 Å². The lowest BCUT2D eigenvalue weighted by Gasteiger charge is -2.36. The summed E-state index contributed by atoms with van der Waals surface area (Å²) in [4.78, 5) is 16.3. The van der Waals surface area contributed by atoms with Gasteiger partial charge in [-0.25, -0.2) is 9.97 Å². The molecule has 5 rings (SSSR count). The molecule has 2 aliphatic rings. The quantitative estimate of drug-likeness (QED) is 0.413. The Hall–Kier alpha value is -2.14. The van der Waals surface area contributed by atoms with Crippen LogP contribution in [-0.2, 0) is 0 Å². The van der Waals surface area contributed by atoms with Crippen molar-refractivity contribution in [1.82, 2.24) is 24.4 Å². The molecule has 31 heavy (non-hydrogen) atoms. The Bertz CT molecular complexity index is 1030. The summed E-state index contributed by atoms with van der Waals surface area (Å²) in [7, 11) is 0. The van der Waals surface area contributed by atoms with E-state index >= 15 is 0 Å². The second-order valence-electron chi connectivity index (χ2n) is 8.21. The highest BCUT2D eigenvalue weighted by Crippen LogP contribution is 2.39. The first kappa shape index (κ1) is 23.5. The van der Waals surface area contributed by atoms with Gasteiger partial charge in [-0.2, -0.15) is 0 Å². The van der Waals surface area contributed by atoms with Gasteiger partial charge in [-0.1, -0.05) is 52.3 Å². The number of pyridine rings is 2. The van der Waals surface area contributed by atoms with Crippen molar-refractivity contribution in [3.8, 4) is 0 Å². The highest BCUT2D eigenvalue weighted by atomic mass is 35.5. The van der Waals surface area contributed by atoms with Gasteiger partial charge in [0.05, 0.1) is 17.2 Å². The number of nitrogens with zero attached hydrogens (tertiary/aromatic N) is 5. The van der Waals surface area contributed by atoms with Crippen LogP contribution in [0.15, 0.2) is 30.6 Å². The molecule has 1 aliphatic heterocycles. The molecule has 0 atom stereocenters. The number of imidazole rings is 1. The minimum atomic E-state index is 0.426. The molecule has 0 bridgehead atoms. The number of halogens is 1. The predicted octanol–water partition coefficient (Wildman–Crippen LogP) is 6.94. The third-order valence-corrected chi connectivity index (χ3v) is 6.00. The van der Waals surface area contributed by atoms with E-state index in [0.717, 1.165) is 59.7 Å². The Labute approximate surface area is 191 Å². The van der Waals surface area contributed by atoms with Gasteiger partial charge in [-0.05, 0) is 50.7 Å². The Morgan fingerprint density at radius 1 is 1.06 bits per heavy atom. The summed E-state index contributed by atoms with van der Waals surface area (Å²) in [5, 5.41) is 0.493. The summed E-state index contributed by atoms with van der Waals surface area (Å²) in [5.41, 5.74) is 5.02. The van der Waals surface area contributed by atoms with Gasteiger partial charge in [-0.3, -0.25) is 4.98 Å². The number of allylic oxidation sites excluding steroid dienone is 1. The molecule has 0 aromatic carbocycles. The maximum Gasteiger partial charge on any atom is 0.130 e. The fourth-order valence-corrected chi connectivity index (χ4v) is 4.41. The highest BCUT2D eigenvalue weighted by molar-refractivity contribution is 6.30. The summed E-state index contributed by atoms with van der Waals surface area (Å²) >= 11 is 6.17. The van der Waals surface area contributed by atoms with E-state index in [0.29, 0.717) is 11.2 Å². The third-order valence-electron chi connectivity index (χ3n) is 5.79. The van der Waals surface area contributed by atoms with Gasteiger partial charge < -0.3 is 9.47 Å². The van der Waals surface area contributed by atoms with Gasteiger partial charge in [-0.15, -0.1) is 0 Å². The zero-order valence-corrected chi connectivity index (χ0v) is 20.4. The van der Waals surface area contributed by atoms with Crippen LogP contribution in [-0.4, -0.2) is 37.5 Å². The summed E-state index contributed by atoms with van der Waals surface area (Å²) in [6.45, 7) is 16.8. The van der Waals surface area contributed by atoms with E-state index in [9.17, 15) is 0 Å². The molecule has 6 heteroatoms. The van der Waals surface area contributed by atoms with Gasteiger partial charge >= 0.3 is 0 Å². The monoisotopic (exact) mass is 441 g/mol. The largest absolute Gasteiger partial charge is 0.375 e. The van der Waals surface area contributed by atoms with Crippen LogP contribution in [0.25, 0.3) is 22.1 Å². The Morgan fingerprint density at radius 3 is 2.32 bits per heavy atom. The van der Waals surface area contributed by atoms with Crippen LogP contribution >= 0.6 is 11.6 Å². The van der Waals surface area contributed by atoms with Crippen molar-refractivity contribution in [3.05, 3.63) is 41.6 Å². The van der Waals surface area contributed by atoms with Crippen molar-refractivity contribution in [2.45, 2.75) is 72.8 Å². The highest BCUT2D eigenvalue weighted by Gasteiger charge is 2.31. The van der Waals surface area contributed by atoms with Gasteiger partial charge in [0.25, 0.3) is 0 Å². The van der Waals surface area contributed by atoms with Gasteiger partial charge in [0.2, 0.25) is 0 Å². The van der Waals surface area contributed by atoms with Gasteiger partial charge in [0.1, 0.15) is 22.0 Å².